The van der Waals surface area contributed by atoms with Crippen LogP contribution in [0.15, 0.2) is 42.6 Å². The van der Waals surface area contributed by atoms with Crippen LogP contribution in [0.4, 0.5) is 9.52 Å². The third-order valence-corrected chi connectivity index (χ3v) is 5.59. The molecule has 0 saturated heterocycles. The van der Waals surface area contributed by atoms with Crippen molar-refractivity contribution in [2.45, 2.75) is 13.5 Å². The summed E-state index contributed by atoms with van der Waals surface area (Å²) in [6.45, 7) is 1.95. The second-order valence-corrected chi connectivity index (χ2v) is 7.25. The molecule has 4 aromatic rings. The Kier molecular flexibility index (Phi) is 4.39. The fraction of sp³-hybridized carbons (Fsp3) is 0.118. The Balaban J connectivity index is 1.80. The fourth-order valence-electron chi connectivity index (χ4n) is 2.45. The minimum atomic E-state index is -0.411. The first-order valence-electron chi connectivity index (χ1n) is 7.69. The van der Waals surface area contributed by atoms with Gasteiger partial charge in [0, 0.05) is 6.20 Å². The summed E-state index contributed by atoms with van der Waals surface area (Å²) in [5.74, 6) is -0.687. The van der Waals surface area contributed by atoms with Gasteiger partial charge in [-0.15, -0.1) is 5.10 Å². The molecule has 0 fully saturated rings. The number of anilines is 1. The van der Waals surface area contributed by atoms with Crippen LogP contribution in [0.2, 0.25) is 0 Å². The first-order valence-corrected chi connectivity index (χ1v) is 9.28. The minimum Gasteiger partial charge on any atom is -0.277 e. The predicted octanol–water partition coefficient (Wildman–Crippen LogP) is 3.84. The highest BCUT2D eigenvalue weighted by molar-refractivity contribution is 7.22. The Labute approximate surface area is 156 Å². The Morgan fingerprint density at radius 3 is 2.81 bits per heavy atom. The van der Waals surface area contributed by atoms with Gasteiger partial charge in [0.25, 0.3) is 5.91 Å². The molecule has 1 amide bonds. The maximum absolute atomic E-state index is 14.0. The van der Waals surface area contributed by atoms with Gasteiger partial charge in [-0.25, -0.2) is 9.37 Å². The lowest BCUT2D eigenvalue weighted by atomic mass is 10.3. The molecule has 0 unspecified atom stereocenters. The van der Waals surface area contributed by atoms with E-state index in [9.17, 15) is 9.18 Å². The maximum Gasteiger partial charge on any atom is 0.274 e. The van der Waals surface area contributed by atoms with Gasteiger partial charge in [0.1, 0.15) is 16.2 Å². The molecule has 0 radical (unpaired) electrons. The fourth-order valence-corrected chi connectivity index (χ4v) is 4.03. The topological polar surface area (TPSA) is 71.9 Å². The van der Waals surface area contributed by atoms with E-state index in [4.69, 9.17) is 0 Å². The molecule has 3 heterocycles. The molecular weight excluding hydrogens is 373 g/mol. The normalized spacial score (nSPS) is 11.0. The molecule has 0 aliphatic carbocycles. The predicted molar refractivity (Wildman–Crippen MR) is 99.0 cm³/mol. The second kappa shape index (κ2) is 6.85. The van der Waals surface area contributed by atoms with Crippen LogP contribution in [0.1, 0.15) is 21.1 Å². The smallest absolute Gasteiger partial charge is 0.274 e. The SMILES string of the molecule is Cc1nnsc1C(=O)N(Cc1ccccn1)c1nc2c(F)cccc2s1. The van der Waals surface area contributed by atoms with Gasteiger partial charge in [0.2, 0.25) is 0 Å². The summed E-state index contributed by atoms with van der Waals surface area (Å²) in [5, 5.41) is 4.32. The summed E-state index contributed by atoms with van der Waals surface area (Å²) in [5.41, 5.74) is 1.51. The number of amides is 1. The van der Waals surface area contributed by atoms with E-state index in [0.717, 1.165) is 11.5 Å². The Morgan fingerprint density at radius 2 is 2.12 bits per heavy atom. The van der Waals surface area contributed by atoms with Gasteiger partial charge in [0.15, 0.2) is 5.13 Å². The monoisotopic (exact) mass is 385 g/mol. The number of thiazole rings is 1. The van der Waals surface area contributed by atoms with E-state index in [2.05, 4.69) is 19.6 Å². The lowest BCUT2D eigenvalue weighted by Crippen LogP contribution is -2.30. The number of carbonyl (C=O) groups excluding carboxylic acids is 1. The van der Waals surface area contributed by atoms with Crippen LogP contribution >= 0.6 is 22.9 Å². The first kappa shape index (κ1) is 16.7. The van der Waals surface area contributed by atoms with Crippen molar-refractivity contribution in [1.82, 2.24) is 19.6 Å². The Hall–Kier alpha value is -2.78. The zero-order valence-electron chi connectivity index (χ0n) is 13.6. The number of pyridine rings is 1. The number of para-hydroxylation sites is 1. The van der Waals surface area contributed by atoms with E-state index in [0.29, 0.717) is 26.1 Å². The number of benzene rings is 1. The molecule has 4 rings (SSSR count). The zero-order chi connectivity index (χ0) is 18.1. The van der Waals surface area contributed by atoms with Crippen molar-refractivity contribution in [2.75, 3.05) is 4.90 Å². The highest BCUT2D eigenvalue weighted by Crippen LogP contribution is 2.32. The molecule has 0 spiro atoms. The summed E-state index contributed by atoms with van der Waals surface area (Å²) in [7, 11) is 0. The molecule has 1 aromatic carbocycles. The number of hydrogen-bond donors (Lipinski definition) is 0. The quantitative estimate of drug-likeness (QED) is 0.534. The van der Waals surface area contributed by atoms with Gasteiger partial charge in [0.05, 0.1) is 22.6 Å². The number of aryl methyl sites for hydroxylation is 1. The van der Waals surface area contributed by atoms with Gasteiger partial charge in [-0.1, -0.05) is 28.0 Å². The summed E-state index contributed by atoms with van der Waals surface area (Å²) < 4.78 is 18.6. The number of halogens is 1. The molecule has 0 bridgehead atoms. The van der Waals surface area contributed by atoms with E-state index in [1.54, 1.807) is 31.3 Å². The summed E-state index contributed by atoms with van der Waals surface area (Å²) in [6, 6.07) is 10.2. The summed E-state index contributed by atoms with van der Waals surface area (Å²) >= 11 is 2.29. The number of nitrogens with zero attached hydrogens (tertiary/aromatic N) is 5. The van der Waals surface area contributed by atoms with E-state index in [1.807, 2.05) is 12.1 Å². The van der Waals surface area contributed by atoms with E-state index >= 15 is 0 Å². The van der Waals surface area contributed by atoms with Crippen molar-refractivity contribution in [3.8, 4) is 0 Å². The van der Waals surface area contributed by atoms with Crippen molar-refractivity contribution in [1.29, 1.82) is 0 Å². The average molecular weight is 385 g/mol. The number of rotatable bonds is 4. The molecule has 6 nitrogen and oxygen atoms in total. The molecule has 0 atom stereocenters. The summed E-state index contributed by atoms with van der Waals surface area (Å²) in [4.78, 5) is 23.7. The number of aromatic nitrogens is 4. The van der Waals surface area contributed by atoms with Crippen LogP contribution < -0.4 is 4.90 Å². The van der Waals surface area contributed by atoms with Crippen LogP contribution in [0.5, 0.6) is 0 Å². The van der Waals surface area contributed by atoms with Gasteiger partial charge >= 0.3 is 0 Å². The molecule has 0 saturated carbocycles. The molecule has 9 heteroatoms. The highest BCUT2D eigenvalue weighted by Gasteiger charge is 2.26. The van der Waals surface area contributed by atoms with E-state index in [-0.39, 0.29) is 18.0 Å². The van der Waals surface area contributed by atoms with Crippen molar-refractivity contribution in [3.63, 3.8) is 0 Å². The van der Waals surface area contributed by atoms with Gasteiger partial charge in [-0.2, -0.15) is 0 Å². The largest absolute Gasteiger partial charge is 0.277 e. The number of hydrogen-bond acceptors (Lipinski definition) is 7. The standard InChI is InChI=1S/C17H12FN5OS2/c1-10-15(26-22-21-10)16(24)23(9-11-5-2-3-8-19-11)17-20-14-12(18)6-4-7-13(14)25-17/h2-8H,9H2,1H3. The van der Waals surface area contributed by atoms with Gasteiger partial charge in [-0.3, -0.25) is 14.7 Å². The van der Waals surface area contributed by atoms with Gasteiger partial charge in [-0.05, 0) is 42.7 Å². The zero-order valence-corrected chi connectivity index (χ0v) is 15.2. The van der Waals surface area contributed by atoms with Crippen LogP contribution in [0.25, 0.3) is 10.2 Å². The molecule has 0 aliphatic rings. The Bertz CT molecular complexity index is 1080. The molecule has 0 N–H and O–H groups in total. The Morgan fingerprint density at radius 1 is 1.23 bits per heavy atom. The van der Waals surface area contributed by atoms with Crippen molar-refractivity contribution in [3.05, 3.63) is 64.7 Å². The lowest BCUT2D eigenvalue weighted by molar-refractivity contribution is 0.0988. The molecule has 26 heavy (non-hydrogen) atoms. The van der Waals surface area contributed by atoms with E-state index in [1.165, 1.54) is 22.3 Å². The van der Waals surface area contributed by atoms with Crippen molar-refractivity contribution >= 4 is 44.1 Å². The third-order valence-electron chi connectivity index (χ3n) is 3.73. The minimum absolute atomic E-state index is 0.221. The first-order chi connectivity index (χ1) is 12.6. The molecule has 0 aliphatic heterocycles. The van der Waals surface area contributed by atoms with Crippen molar-refractivity contribution in [2.24, 2.45) is 0 Å². The van der Waals surface area contributed by atoms with Crippen LogP contribution in [-0.2, 0) is 6.54 Å². The van der Waals surface area contributed by atoms with Gasteiger partial charge < -0.3 is 0 Å². The third kappa shape index (κ3) is 3.06. The van der Waals surface area contributed by atoms with Crippen LogP contribution in [-0.4, -0.2) is 25.5 Å². The van der Waals surface area contributed by atoms with Crippen LogP contribution in [0, 0.1) is 12.7 Å². The molecule has 130 valence electrons. The second-order valence-electron chi connectivity index (χ2n) is 5.48. The van der Waals surface area contributed by atoms with Crippen molar-refractivity contribution < 1.29 is 9.18 Å². The highest BCUT2D eigenvalue weighted by atomic mass is 32.1. The van der Waals surface area contributed by atoms with E-state index < -0.39 is 5.82 Å². The lowest BCUT2D eigenvalue weighted by Gasteiger charge is -2.18. The number of carbonyl (C=O) groups is 1. The molecular formula is C17H12FN5OS2. The number of fused-ring (bicyclic) bond motifs is 1. The molecule has 3 aromatic heterocycles. The van der Waals surface area contributed by atoms with Crippen LogP contribution in [0.3, 0.4) is 0 Å². The average Bonchev–Trinajstić information content (AvgIpc) is 3.27. The maximum atomic E-state index is 14.0. The summed E-state index contributed by atoms with van der Waals surface area (Å²) in [6.07, 6.45) is 1.66.